The van der Waals surface area contributed by atoms with E-state index in [0.717, 1.165) is 12.0 Å². The molecule has 0 aliphatic carbocycles. The van der Waals surface area contributed by atoms with Crippen molar-refractivity contribution in [3.8, 4) is 0 Å². The van der Waals surface area contributed by atoms with Gasteiger partial charge in [-0.25, -0.2) is 0 Å². The number of anilines is 2. The summed E-state index contributed by atoms with van der Waals surface area (Å²) in [4.78, 5) is 39.3. The van der Waals surface area contributed by atoms with Crippen molar-refractivity contribution in [3.05, 3.63) is 95.6 Å². The second-order valence-corrected chi connectivity index (χ2v) is 8.49. The van der Waals surface area contributed by atoms with Gasteiger partial charge in [-0.1, -0.05) is 49.4 Å². The van der Waals surface area contributed by atoms with Gasteiger partial charge in [-0.2, -0.15) is 0 Å². The molecule has 0 spiro atoms. The van der Waals surface area contributed by atoms with Gasteiger partial charge < -0.3 is 20.9 Å². The summed E-state index contributed by atoms with van der Waals surface area (Å²) < 4.78 is 0. The topological polar surface area (TPSA) is 90.5 Å². The number of amides is 3. The minimum Gasteiger partial charge on any atom is -0.376 e. The van der Waals surface area contributed by atoms with Gasteiger partial charge in [0.05, 0.1) is 6.54 Å². The first kappa shape index (κ1) is 25.5. The predicted molar refractivity (Wildman–Crippen MR) is 139 cm³/mol. The second-order valence-electron chi connectivity index (χ2n) is 8.49. The van der Waals surface area contributed by atoms with Crippen LogP contribution in [0.15, 0.2) is 78.9 Å². The van der Waals surface area contributed by atoms with Crippen LogP contribution in [-0.2, 0) is 11.3 Å². The molecule has 1 atom stereocenters. The molecule has 182 valence electrons. The van der Waals surface area contributed by atoms with Crippen LogP contribution in [0.5, 0.6) is 0 Å². The standard InChI is InChI=1S/C28H32N4O3/c1-4-20(2)30-27(34)22-12-8-14-24(16-22)29-18-26(33)31-25-15-9-13-23(17-25)28(35)32(3)19-21-10-6-5-7-11-21/h5-17,20,29H,4,18-19H2,1-3H3,(H,30,34)(H,31,33). The number of benzene rings is 3. The summed E-state index contributed by atoms with van der Waals surface area (Å²) in [6.45, 7) is 4.47. The maximum Gasteiger partial charge on any atom is 0.253 e. The van der Waals surface area contributed by atoms with Gasteiger partial charge in [0.25, 0.3) is 11.8 Å². The van der Waals surface area contributed by atoms with E-state index in [1.165, 1.54) is 0 Å². The van der Waals surface area contributed by atoms with E-state index >= 15 is 0 Å². The molecule has 0 saturated heterocycles. The average molecular weight is 473 g/mol. The van der Waals surface area contributed by atoms with E-state index in [1.807, 2.05) is 44.2 Å². The zero-order chi connectivity index (χ0) is 25.2. The molecule has 0 aliphatic heterocycles. The number of rotatable bonds is 10. The first-order valence-corrected chi connectivity index (χ1v) is 11.7. The highest BCUT2D eigenvalue weighted by atomic mass is 16.2. The van der Waals surface area contributed by atoms with Crippen molar-refractivity contribution < 1.29 is 14.4 Å². The summed E-state index contributed by atoms with van der Waals surface area (Å²) in [5, 5.41) is 8.79. The Kier molecular flexibility index (Phi) is 9.01. The largest absolute Gasteiger partial charge is 0.376 e. The van der Waals surface area contributed by atoms with Gasteiger partial charge in [-0.05, 0) is 55.3 Å². The van der Waals surface area contributed by atoms with Gasteiger partial charge >= 0.3 is 0 Å². The molecule has 3 N–H and O–H groups in total. The van der Waals surface area contributed by atoms with Crippen LogP contribution in [0.1, 0.15) is 46.5 Å². The monoisotopic (exact) mass is 472 g/mol. The third-order valence-electron chi connectivity index (χ3n) is 5.57. The van der Waals surface area contributed by atoms with Crippen molar-refractivity contribution in [1.29, 1.82) is 0 Å². The summed E-state index contributed by atoms with van der Waals surface area (Å²) in [7, 11) is 1.75. The first-order chi connectivity index (χ1) is 16.9. The Morgan fingerprint density at radius 1 is 0.857 bits per heavy atom. The zero-order valence-corrected chi connectivity index (χ0v) is 20.4. The molecule has 7 heteroatoms. The van der Waals surface area contributed by atoms with Crippen LogP contribution in [-0.4, -0.2) is 42.3 Å². The van der Waals surface area contributed by atoms with Crippen LogP contribution < -0.4 is 16.0 Å². The molecule has 0 saturated carbocycles. The molecule has 1 unspecified atom stereocenters. The van der Waals surface area contributed by atoms with Crippen LogP contribution in [0.2, 0.25) is 0 Å². The van der Waals surface area contributed by atoms with Gasteiger partial charge in [-0.15, -0.1) is 0 Å². The second kappa shape index (κ2) is 12.4. The van der Waals surface area contributed by atoms with Crippen molar-refractivity contribution in [2.24, 2.45) is 0 Å². The highest BCUT2D eigenvalue weighted by Crippen LogP contribution is 2.15. The fraction of sp³-hybridized carbons (Fsp3) is 0.250. The molecule has 0 fully saturated rings. The van der Waals surface area contributed by atoms with Crippen molar-refractivity contribution >= 4 is 29.1 Å². The number of nitrogens with zero attached hydrogens (tertiary/aromatic N) is 1. The third-order valence-corrected chi connectivity index (χ3v) is 5.57. The third kappa shape index (κ3) is 7.71. The van der Waals surface area contributed by atoms with E-state index < -0.39 is 0 Å². The molecule has 3 aromatic rings. The Morgan fingerprint density at radius 3 is 2.23 bits per heavy atom. The lowest BCUT2D eigenvalue weighted by molar-refractivity contribution is -0.114. The summed E-state index contributed by atoms with van der Waals surface area (Å²) in [5.74, 6) is -0.538. The van der Waals surface area contributed by atoms with Crippen LogP contribution in [0.4, 0.5) is 11.4 Å². The lowest BCUT2D eigenvalue weighted by atomic mass is 10.1. The van der Waals surface area contributed by atoms with E-state index in [2.05, 4.69) is 16.0 Å². The molecular weight excluding hydrogens is 440 g/mol. The summed E-state index contributed by atoms with van der Waals surface area (Å²) in [5.41, 5.74) is 3.27. The molecular formula is C28H32N4O3. The SMILES string of the molecule is CCC(C)NC(=O)c1cccc(NCC(=O)Nc2cccc(C(=O)N(C)Cc3ccccc3)c2)c1. The fourth-order valence-corrected chi connectivity index (χ4v) is 3.45. The Balaban J connectivity index is 1.55. The van der Waals surface area contributed by atoms with Crippen LogP contribution >= 0.6 is 0 Å². The quantitative estimate of drug-likeness (QED) is 0.404. The molecule has 0 heterocycles. The molecule has 0 bridgehead atoms. The molecule has 3 aromatic carbocycles. The number of nitrogens with one attached hydrogen (secondary N) is 3. The van der Waals surface area contributed by atoms with Crippen molar-refractivity contribution in [3.63, 3.8) is 0 Å². The average Bonchev–Trinajstić information content (AvgIpc) is 2.87. The lowest BCUT2D eigenvalue weighted by Crippen LogP contribution is -2.31. The van der Waals surface area contributed by atoms with Gasteiger partial charge in [0.2, 0.25) is 5.91 Å². The number of carbonyl (C=O) groups excluding carboxylic acids is 3. The van der Waals surface area contributed by atoms with E-state index in [9.17, 15) is 14.4 Å². The van der Waals surface area contributed by atoms with Crippen LogP contribution in [0, 0.1) is 0 Å². The highest BCUT2D eigenvalue weighted by Gasteiger charge is 2.14. The van der Waals surface area contributed by atoms with Gasteiger partial charge in [0, 0.05) is 42.1 Å². The van der Waals surface area contributed by atoms with Crippen molar-refractivity contribution in [2.75, 3.05) is 24.2 Å². The van der Waals surface area contributed by atoms with E-state index in [-0.39, 0.29) is 30.3 Å². The fourth-order valence-electron chi connectivity index (χ4n) is 3.45. The van der Waals surface area contributed by atoms with Crippen molar-refractivity contribution in [1.82, 2.24) is 10.2 Å². The van der Waals surface area contributed by atoms with Gasteiger partial charge in [-0.3, -0.25) is 14.4 Å². The highest BCUT2D eigenvalue weighted by molar-refractivity contribution is 5.98. The maximum atomic E-state index is 12.8. The van der Waals surface area contributed by atoms with E-state index in [1.54, 1.807) is 60.5 Å². The van der Waals surface area contributed by atoms with E-state index in [0.29, 0.717) is 29.0 Å². The summed E-state index contributed by atoms with van der Waals surface area (Å²) in [6, 6.07) is 23.8. The Morgan fingerprint density at radius 2 is 1.51 bits per heavy atom. The summed E-state index contributed by atoms with van der Waals surface area (Å²) in [6.07, 6.45) is 0.847. The predicted octanol–water partition coefficient (Wildman–Crippen LogP) is 4.54. The number of hydrogen-bond acceptors (Lipinski definition) is 4. The Labute approximate surface area is 206 Å². The molecule has 3 amide bonds. The smallest absolute Gasteiger partial charge is 0.253 e. The van der Waals surface area contributed by atoms with E-state index in [4.69, 9.17) is 0 Å². The lowest BCUT2D eigenvalue weighted by Gasteiger charge is -2.18. The number of carbonyl (C=O) groups is 3. The minimum atomic E-state index is -0.262. The van der Waals surface area contributed by atoms with Gasteiger partial charge in [0.15, 0.2) is 0 Å². The van der Waals surface area contributed by atoms with Crippen LogP contribution in [0.3, 0.4) is 0 Å². The zero-order valence-electron chi connectivity index (χ0n) is 20.4. The summed E-state index contributed by atoms with van der Waals surface area (Å²) >= 11 is 0. The molecule has 35 heavy (non-hydrogen) atoms. The van der Waals surface area contributed by atoms with Gasteiger partial charge in [0.1, 0.15) is 0 Å². The van der Waals surface area contributed by atoms with Crippen LogP contribution in [0.25, 0.3) is 0 Å². The molecule has 3 rings (SSSR count). The normalized spacial score (nSPS) is 11.3. The molecule has 0 aliphatic rings. The molecule has 0 aromatic heterocycles. The Bertz CT molecular complexity index is 1160. The molecule has 0 radical (unpaired) electrons. The number of hydrogen-bond donors (Lipinski definition) is 3. The molecule has 7 nitrogen and oxygen atoms in total. The Hall–Kier alpha value is -4.13. The van der Waals surface area contributed by atoms with Crippen molar-refractivity contribution in [2.45, 2.75) is 32.9 Å². The maximum absolute atomic E-state index is 12.8. The first-order valence-electron chi connectivity index (χ1n) is 11.7. The minimum absolute atomic E-state index is 0.0164.